The summed E-state index contributed by atoms with van der Waals surface area (Å²) in [7, 11) is 3.30. The van der Waals surface area contributed by atoms with Crippen LogP contribution >= 0.6 is 0 Å². The molecule has 0 atom stereocenters. The molecule has 9 rings (SSSR count). The molecule has 5 nitrogen and oxygen atoms in total. The van der Waals surface area contributed by atoms with Gasteiger partial charge in [0.1, 0.15) is 0 Å². The van der Waals surface area contributed by atoms with Crippen LogP contribution in [0.15, 0.2) is 219 Å². The molecule has 0 spiro atoms. The van der Waals surface area contributed by atoms with Crippen molar-refractivity contribution in [3.8, 4) is 0 Å². The van der Waals surface area contributed by atoms with E-state index in [0.717, 1.165) is 45.7 Å². The molecule has 2 aromatic heterocycles. The van der Waals surface area contributed by atoms with E-state index in [-0.39, 0.29) is 73.1 Å². The molecule has 1 saturated heterocycles. The molecule has 6 aromatic carbocycles. The van der Waals surface area contributed by atoms with Gasteiger partial charge in [-0.2, -0.15) is 12.4 Å². The Morgan fingerprint density at radius 3 is 0.937 bits per heavy atom. The zero-order chi connectivity index (χ0) is 42.0. The van der Waals surface area contributed by atoms with Gasteiger partial charge in [0, 0.05) is 25.0 Å². The van der Waals surface area contributed by atoms with Crippen LogP contribution in [0.2, 0.25) is 0 Å². The maximum Gasteiger partial charge on any atom is 2.00 e. The topological polar surface area (TPSA) is 60.8 Å². The summed E-state index contributed by atoms with van der Waals surface area (Å²) in [5, 5.41) is 5.59. The number of aromatic nitrogens is 2. The predicted octanol–water partition coefficient (Wildman–Crippen LogP) is 8.60. The van der Waals surface area contributed by atoms with E-state index in [0.29, 0.717) is 13.2 Å². The molecule has 63 heavy (non-hydrogen) atoms. The third kappa shape index (κ3) is 12.1. The van der Waals surface area contributed by atoms with Crippen molar-refractivity contribution < 1.29 is 82.6 Å². The van der Waals surface area contributed by atoms with Crippen LogP contribution in [0.5, 0.6) is 0 Å². The summed E-state index contributed by atoms with van der Waals surface area (Å²) in [6, 6.07) is 73.0. The van der Waals surface area contributed by atoms with Gasteiger partial charge in [-0.05, 0) is 46.2 Å². The Kier molecular flexibility index (Phi) is 20.8. The minimum absolute atomic E-state index is 0. The molecular formula is C56H50KN3O2Ti. The molecule has 1 aliphatic heterocycles. The Morgan fingerprint density at radius 1 is 0.397 bits per heavy atom. The largest absolute Gasteiger partial charge is 2.00 e. The van der Waals surface area contributed by atoms with E-state index in [1.165, 1.54) is 11.1 Å². The van der Waals surface area contributed by atoms with Crippen molar-refractivity contribution in [1.29, 1.82) is 0 Å². The molecule has 0 bridgehead atoms. The van der Waals surface area contributed by atoms with Gasteiger partial charge in [0.25, 0.3) is 0 Å². The first kappa shape index (κ1) is 50.1. The molecule has 0 saturated carbocycles. The fraction of sp³-hybridized carbons (Fsp3) is 0.107. The van der Waals surface area contributed by atoms with Crippen LogP contribution in [0.1, 0.15) is 44.8 Å². The number of rotatable bonds is 14. The zero-order valence-corrected chi connectivity index (χ0v) is 40.9. The van der Waals surface area contributed by atoms with Crippen molar-refractivity contribution >= 4 is 0 Å². The summed E-state index contributed by atoms with van der Waals surface area (Å²) < 4.78 is 9.31. The van der Waals surface area contributed by atoms with Crippen LogP contribution in [-0.2, 0) is 42.0 Å². The first-order valence-electron chi connectivity index (χ1n) is 20.5. The fourth-order valence-corrected chi connectivity index (χ4v) is 7.84. The van der Waals surface area contributed by atoms with Crippen molar-refractivity contribution in [3.05, 3.63) is 307 Å². The van der Waals surface area contributed by atoms with Crippen molar-refractivity contribution in [3.63, 3.8) is 0 Å². The Balaban J connectivity index is 0.000000283. The molecule has 8 aromatic rings. The van der Waals surface area contributed by atoms with E-state index >= 15 is 0 Å². The number of hydrogen-bond acceptors (Lipinski definition) is 2. The van der Waals surface area contributed by atoms with Gasteiger partial charge < -0.3 is 24.8 Å². The van der Waals surface area contributed by atoms with Crippen LogP contribution in [0.3, 0.4) is 0 Å². The minimum Gasteiger partial charge on any atom is -0.667 e. The molecular weight excluding hydrogens is 834 g/mol. The predicted molar refractivity (Wildman–Crippen MR) is 247 cm³/mol. The van der Waals surface area contributed by atoms with E-state index in [4.69, 9.17) is 15.3 Å². The molecule has 306 valence electrons. The van der Waals surface area contributed by atoms with Gasteiger partial charge in [-0.25, -0.2) is 0 Å². The maximum atomic E-state index is 5.59. The average molecular weight is 884 g/mol. The summed E-state index contributed by atoms with van der Waals surface area (Å²) in [6.07, 6.45) is 12.3. The molecule has 0 N–H and O–H groups in total. The quantitative estimate of drug-likeness (QED) is 0.0812. The number of methoxy groups -OCH3 is 2. The van der Waals surface area contributed by atoms with Gasteiger partial charge in [0.05, 0.1) is 13.2 Å². The van der Waals surface area contributed by atoms with Gasteiger partial charge >= 0.3 is 73.1 Å². The maximum absolute atomic E-state index is 5.59. The van der Waals surface area contributed by atoms with Crippen LogP contribution in [0, 0.1) is 37.8 Å². The zero-order valence-electron chi connectivity index (χ0n) is 36.2. The summed E-state index contributed by atoms with van der Waals surface area (Å²) in [6.45, 7) is 1.38. The second-order valence-electron chi connectivity index (χ2n) is 14.4. The molecule has 0 aliphatic carbocycles. The van der Waals surface area contributed by atoms with Crippen molar-refractivity contribution in [1.82, 2.24) is 9.97 Å². The molecule has 3 heterocycles. The van der Waals surface area contributed by atoms with Gasteiger partial charge in [0.2, 0.25) is 0 Å². The van der Waals surface area contributed by atoms with E-state index in [9.17, 15) is 0 Å². The van der Waals surface area contributed by atoms with Crippen LogP contribution in [-0.4, -0.2) is 27.4 Å². The second-order valence-corrected chi connectivity index (χ2v) is 14.4. The van der Waals surface area contributed by atoms with Gasteiger partial charge in [-0.3, -0.25) is 0 Å². The third-order valence-corrected chi connectivity index (χ3v) is 10.7. The number of ether oxygens (including phenoxy) is 2. The molecule has 0 unspecified atom stereocenters. The Hall–Kier alpha value is -3.89. The number of hydrogen-bond donors (Lipinski definition) is 0. The van der Waals surface area contributed by atoms with Gasteiger partial charge in [0.15, 0.2) is 0 Å². The standard InChI is InChI=1S/C38H28N3.C14H12.C4H10O2.K.Ti/c1-5-15-29(16-6-1)37(33-23-13-27-39-33,30-17-7-2-8-18-30)35-25-26-36(41-35)38(34-24-14-28-40-34,31-19-9-3-10-20-31)32-21-11-4-12-22-32;1-3-7-13(8-4-1)11-12-14-9-5-2-6-10-14;1-5-3-4-6-2;;/h1-28H;1-12H;3-4H2,1-2H3;;/q-3;;;+1;+2. The van der Waals surface area contributed by atoms with Crippen molar-refractivity contribution in [2.75, 3.05) is 27.4 Å². The average Bonchev–Trinajstić information content (AvgIpc) is 4.18. The van der Waals surface area contributed by atoms with Gasteiger partial charge in [-0.1, -0.05) is 219 Å². The minimum atomic E-state index is -0.706. The summed E-state index contributed by atoms with van der Waals surface area (Å²) in [4.78, 5) is 9.81. The van der Waals surface area contributed by atoms with Crippen molar-refractivity contribution in [2.24, 2.45) is 0 Å². The Morgan fingerprint density at radius 2 is 0.683 bits per heavy atom. The number of nitrogens with zero attached hydrogens (tertiary/aromatic N) is 3. The SMILES string of the molecule is COCCOC.[CH]([CH]c1ccccc1)c1ccccc1.[CH]1[CH][C](C(c2ccccc2)(c2ccccc2)c2ccc[n-]2)[N-][C]1C(c1ccccc1)(c1ccccc1)c1ccc[n-]1.[K+].[Ti+2]. The van der Waals surface area contributed by atoms with Crippen molar-refractivity contribution in [2.45, 2.75) is 10.8 Å². The Labute approximate surface area is 432 Å². The first-order chi connectivity index (χ1) is 30.2. The fourth-order valence-electron chi connectivity index (χ4n) is 7.84. The molecule has 6 radical (unpaired) electrons. The number of benzene rings is 6. The summed E-state index contributed by atoms with van der Waals surface area (Å²) in [5.41, 5.74) is 7.40. The van der Waals surface area contributed by atoms with E-state index in [2.05, 4.69) is 193 Å². The normalized spacial score (nSPS) is 12.7. The van der Waals surface area contributed by atoms with Crippen LogP contribution in [0.4, 0.5) is 0 Å². The molecule has 1 fully saturated rings. The van der Waals surface area contributed by atoms with E-state index in [1.54, 1.807) is 14.2 Å². The summed E-state index contributed by atoms with van der Waals surface area (Å²) >= 11 is 0. The molecule has 0 amide bonds. The third-order valence-electron chi connectivity index (χ3n) is 10.7. The van der Waals surface area contributed by atoms with Crippen LogP contribution in [0.25, 0.3) is 5.32 Å². The molecule has 1 aliphatic rings. The smallest absolute Gasteiger partial charge is 0.667 e. The van der Waals surface area contributed by atoms with E-state index < -0.39 is 10.8 Å². The van der Waals surface area contributed by atoms with Gasteiger partial charge in [-0.15, -0.1) is 23.5 Å². The Bertz CT molecular complexity index is 2120. The second kappa shape index (κ2) is 26.2. The monoisotopic (exact) mass is 883 g/mol. The van der Waals surface area contributed by atoms with Crippen LogP contribution < -0.4 is 61.4 Å². The summed E-state index contributed by atoms with van der Waals surface area (Å²) in [5.74, 6) is 0. The van der Waals surface area contributed by atoms with E-state index in [1.807, 2.05) is 60.9 Å². The molecule has 7 heteroatoms. The first-order valence-corrected chi connectivity index (χ1v) is 20.5.